The fraction of sp³-hybridized carbons (Fsp3) is 0.308. The highest BCUT2D eigenvalue weighted by Gasteiger charge is 2.07. The van der Waals surface area contributed by atoms with Gasteiger partial charge in [-0.3, -0.25) is 0 Å². The fourth-order valence-electron chi connectivity index (χ4n) is 1.44. The summed E-state index contributed by atoms with van der Waals surface area (Å²) < 4.78 is 5.32. The van der Waals surface area contributed by atoms with E-state index < -0.39 is 0 Å². The lowest BCUT2D eigenvalue weighted by Gasteiger charge is -2.06. The number of nitrogens with one attached hydrogen (secondary N) is 1. The molecule has 1 heterocycles. The Hall–Kier alpha value is -1.53. The molecule has 0 spiro atoms. The Labute approximate surface area is 127 Å². The molecule has 5 nitrogen and oxygen atoms in total. The molecule has 0 saturated carbocycles. The van der Waals surface area contributed by atoms with Crippen molar-refractivity contribution in [3.05, 3.63) is 34.9 Å². The quantitative estimate of drug-likeness (QED) is 0.826. The van der Waals surface area contributed by atoms with E-state index in [9.17, 15) is 0 Å². The minimum Gasteiger partial charge on any atom is -0.464 e. The first-order valence-electron chi connectivity index (χ1n) is 6.15. The van der Waals surface area contributed by atoms with Crippen LogP contribution in [0.2, 0.25) is 5.02 Å². The number of halogens is 1. The maximum Gasteiger partial charge on any atom is 0.322 e. The molecular weight excluding hydrogens is 296 g/mol. The number of thioether (sulfide) groups is 1. The van der Waals surface area contributed by atoms with Crippen molar-refractivity contribution in [2.24, 2.45) is 0 Å². The fourth-order valence-corrected chi connectivity index (χ4v) is 2.34. The molecule has 7 heteroatoms. The van der Waals surface area contributed by atoms with Gasteiger partial charge in [0.05, 0.1) is 6.61 Å². The van der Waals surface area contributed by atoms with Crippen molar-refractivity contribution in [2.75, 3.05) is 19.0 Å². The van der Waals surface area contributed by atoms with E-state index in [0.29, 0.717) is 23.7 Å². The zero-order chi connectivity index (χ0) is 14.4. The lowest BCUT2D eigenvalue weighted by molar-refractivity contribution is 0.308. The van der Waals surface area contributed by atoms with Crippen LogP contribution < -0.4 is 10.1 Å². The zero-order valence-electron chi connectivity index (χ0n) is 11.3. The van der Waals surface area contributed by atoms with Crippen LogP contribution in [0.5, 0.6) is 6.01 Å². The maximum absolute atomic E-state index is 5.86. The predicted octanol–water partition coefficient (Wildman–Crippen LogP) is 3.26. The van der Waals surface area contributed by atoms with Crippen LogP contribution in [-0.2, 0) is 5.75 Å². The Balaban J connectivity index is 2.07. The lowest BCUT2D eigenvalue weighted by Crippen LogP contribution is -2.04. The Bertz CT molecular complexity index is 565. The third kappa shape index (κ3) is 4.25. The summed E-state index contributed by atoms with van der Waals surface area (Å²) in [6.07, 6.45) is 0. The first kappa shape index (κ1) is 14.9. The molecule has 1 N–H and O–H groups in total. The smallest absolute Gasteiger partial charge is 0.322 e. The number of ether oxygens (including phenoxy) is 1. The highest BCUT2D eigenvalue weighted by atomic mass is 35.5. The summed E-state index contributed by atoms with van der Waals surface area (Å²) >= 11 is 7.38. The summed E-state index contributed by atoms with van der Waals surface area (Å²) in [5, 5.41) is 4.26. The topological polar surface area (TPSA) is 59.9 Å². The summed E-state index contributed by atoms with van der Waals surface area (Å²) in [4.78, 5) is 12.7. The molecule has 0 aliphatic rings. The summed E-state index contributed by atoms with van der Waals surface area (Å²) in [6, 6.07) is 8.05. The molecule has 0 bridgehead atoms. The van der Waals surface area contributed by atoms with E-state index in [0.717, 1.165) is 16.3 Å². The molecule has 0 atom stereocenters. The first-order chi connectivity index (χ1) is 9.71. The number of aromatic nitrogens is 3. The van der Waals surface area contributed by atoms with Gasteiger partial charge in [0, 0.05) is 17.8 Å². The van der Waals surface area contributed by atoms with Gasteiger partial charge >= 0.3 is 6.01 Å². The monoisotopic (exact) mass is 310 g/mol. The standard InChI is InChI=1S/C13H15ClN4OS/c1-3-19-12-16-11(15-2)17-13(18-12)20-8-9-4-6-10(14)7-5-9/h4-7H,3,8H2,1-2H3,(H,15,16,17,18). The summed E-state index contributed by atoms with van der Waals surface area (Å²) in [6.45, 7) is 2.41. The molecule has 0 aliphatic heterocycles. The van der Waals surface area contributed by atoms with Crippen molar-refractivity contribution >= 4 is 29.3 Å². The molecule has 106 valence electrons. The van der Waals surface area contributed by atoms with Crippen molar-refractivity contribution in [3.8, 4) is 6.01 Å². The van der Waals surface area contributed by atoms with Crippen LogP contribution in [0.1, 0.15) is 12.5 Å². The highest BCUT2D eigenvalue weighted by molar-refractivity contribution is 7.98. The van der Waals surface area contributed by atoms with E-state index in [2.05, 4.69) is 20.3 Å². The molecule has 2 aromatic rings. The Kier molecular flexibility index (Phi) is 5.43. The summed E-state index contributed by atoms with van der Waals surface area (Å²) in [5.74, 6) is 1.26. The van der Waals surface area contributed by atoms with Gasteiger partial charge < -0.3 is 10.1 Å². The summed E-state index contributed by atoms with van der Waals surface area (Å²) in [7, 11) is 1.76. The van der Waals surface area contributed by atoms with Crippen molar-refractivity contribution in [3.63, 3.8) is 0 Å². The van der Waals surface area contributed by atoms with Gasteiger partial charge in [0.2, 0.25) is 5.95 Å². The highest BCUT2D eigenvalue weighted by Crippen LogP contribution is 2.22. The van der Waals surface area contributed by atoms with E-state index in [1.54, 1.807) is 7.05 Å². The van der Waals surface area contributed by atoms with Gasteiger partial charge in [-0.15, -0.1) is 0 Å². The van der Waals surface area contributed by atoms with E-state index in [1.165, 1.54) is 11.8 Å². The molecule has 1 aromatic carbocycles. The van der Waals surface area contributed by atoms with Crippen LogP contribution >= 0.6 is 23.4 Å². The van der Waals surface area contributed by atoms with Crippen molar-refractivity contribution in [2.45, 2.75) is 17.8 Å². The van der Waals surface area contributed by atoms with Crippen LogP contribution in [0.15, 0.2) is 29.4 Å². The predicted molar refractivity (Wildman–Crippen MR) is 81.6 cm³/mol. The van der Waals surface area contributed by atoms with Crippen LogP contribution in [0.25, 0.3) is 0 Å². The minimum atomic E-state index is 0.338. The molecule has 0 aliphatic carbocycles. The van der Waals surface area contributed by atoms with Gasteiger partial charge in [0.25, 0.3) is 0 Å². The third-order valence-electron chi connectivity index (χ3n) is 2.37. The molecule has 0 amide bonds. The van der Waals surface area contributed by atoms with Crippen LogP contribution in [-0.4, -0.2) is 28.6 Å². The van der Waals surface area contributed by atoms with E-state index >= 15 is 0 Å². The maximum atomic E-state index is 5.86. The van der Waals surface area contributed by atoms with Crippen molar-refractivity contribution in [1.29, 1.82) is 0 Å². The lowest BCUT2D eigenvalue weighted by atomic mass is 10.2. The number of nitrogens with zero attached hydrogens (tertiary/aromatic N) is 3. The second kappa shape index (κ2) is 7.31. The Morgan fingerprint density at radius 1 is 1.20 bits per heavy atom. The second-order valence-electron chi connectivity index (χ2n) is 3.82. The SMILES string of the molecule is CCOc1nc(NC)nc(SCc2ccc(Cl)cc2)n1. The largest absolute Gasteiger partial charge is 0.464 e. The number of rotatable bonds is 6. The van der Waals surface area contributed by atoms with E-state index in [-0.39, 0.29) is 0 Å². The molecule has 1 aromatic heterocycles. The number of hydrogen-bond acceptors (Lipinski definition) is 6. The van der Waals surface area contributed by atoms with Crippen LogP contribution in [0, 0.1) is 0 Å². The van der Waals surface area contributed by atoms with E-state index in [1.807, 2.05) is 31.2 Å². The van der Waals surface area contributed by atoms with Crippen LogP contribution in [0.4, 0.5) is 5.95 Å². The van der Waals surface area contributed by atoms with Crippen LogP contribution in [0.3, 0.4) is 0 Å². The minimum absolute atomic E-state index is 0.338. The molecule has 0 radical (unpaired) electrons. The number of anilines is 1. The van der Waals surface area contributed by atoms with Gasteiger partial charge in [-0.1, -0.05) is 35.5 Å². The first-order valence-corrected chi connectivity index (χ1v) is 7.51. The van der Waals surface area contributed by atoms with Crippen molar-refractivity contribution < 1.29 is 4.74 Å². The molecular formula is C13H15ClN4OS. The van der Waals surface area contributed by atoms with E-state index in [4.69, 9.17) is 16.3 Å². The molecule has 0 unspecified atom stereocenters. The van der Waals surface area contributed by atoms with Gasteiger partial charge in [-0.05, 0) is 24.6 Å². The molecule has 0 saturated heterocycles. The van der Waals surface area contributed by atoms with Gasteiger partial charge in [0.1, 0.15) is 0 Å². The molecule has 2 rings (SSSR count). The summed E-state index contributed by atoms with van der Waals surface area (Å²) in [5.41, 5.74) is 1.16. The van der Waals surface area contributed by atoms with Crippen molar-refractivity contribution in [1.82, 2.24) is 15.0 Å². The Morgan fingerprint density at radius 2 is 1.95 bits per heavy atom. The average Bonchev–Trinajstić information content (AvgIpc) is 2.47. The Morgan fingerprint density at radius 3 is 2.60 bits per heavy atom. The molecule has 20 heavy (non-hydrogen) atoms. The second-order valence-corrected chi connectivity index (χ2v) is 5.20. The normalized spacial score (nSPS) is 10.3. The van der Waals surface area contributed by atoms with Gasteiger partial charge in [0.15, 0.2) is 5.16 Å². The number of benzene rings is 1. The number of hydrogen-bond donors (Lipinski definition) is 1. The third-order valence-corrected chi connectivity index (χ3v) is 3.54. The molecule has 0 fully saturated rings. The zero-order valence-corrected chi connectivity index (χ0v) is 12.8. The van der Waals surface area contributed by atoms with Gasteiger partial charge in [-0.2, -0.15) is 15.0 Å². The van der Waals surface area contributed by atoms with Gasteiger partial charge in [-0.25, -0.2) is 0 Å². The average molecular weight is 311 g/mol.